The number of alkyl halides is 1. The van der Waals surface area contributed by atoms with Crippen molar-refractivity contribution in [3.63, 3.8) is 0 Å². The van der Waals surface area contributed by atoms with Crippen molar-refractivity contribution in [3.05, 3.63) is 105 Å². The molecule has 0 aliphatic heterocycles. The zero-order chi connectivity index (χ0) is 39.4. The van der Waals surface area contributed by atoms with Crippen molar-refractivity contribution >= 4 is 77.9 Å². The molecule has 0 saturated heterocycles. The molecule has 0 saturated carbocycles. The summed E-state index contributed by atoms with van der Waals surface area (Å²) in [5.74, 6) is 3.18. The minimum Gasteiger partial charge on any atom is -0.870 e. The average Bonchev–Trinajstić information content (AvgIpc) is 3.06. The summed E-state index contributed by atoms with van der Waals surface area (Å²) >= 11 is 6.73. The molecule has 0 heterocycles. The molecule has 2 N–H and O–H groups in total. The Morgan fingerprint density at radius 1 is 0.717 bits per heavy atom. The average molecular weight is 1100 g/mol. The van der Waals surface area contributed by atoms with Crippen molar-refractivity contribution in [2.75, 3.05) is 34.1 Å². The monoisotopic (exact) mass is 1100 g/mol. The first-order valence-corrected chi connectivity index (χ1v) is 20.8. The van der Waals surface area contributed by atoms with Crippen molar-refractivity contribution < 1.29 is 72.7 Å². The quantitative estimate of drug-likeness (QED) is 0.0653. The van der Waals surface area contributed by atoms with Crippen molar-refractivity contribution in [1.29, 1.82) is 0 Å². The molecule has 0 bridgehead atoms. The van der Waals surface area contributed by atoms with E-state index in [0.29, 0.717) is 19.0 Å². The van der Waals surface area contributed by atoms with Gasteiger partial charge in [0.1, 0.15) is 23.0 Å². The standard InChI is InChI=1S/C19H22I2O3.C11H16O3S.C8H9IO.CH3F.Na.H2O/c1-12-8-13(2)18(16(20)9-12)23-6-5-7-24-19-14(3)10-15(22-4)11-17(19)21;1-3-4-9-14-15(12,13)11-7-5-10(2)6-8-11;1-5-3-6(2)8(10)7(9)4-5;1-2;;/h8-11H,5-7H2,1-4H3;5-8H,3-4,9H2,1-2H3;3-4,10H,1-2H3;1H3;;1H2/q;;;;+1;/p-1/i;;;1D;;. The Morgan fingerprint density at radius 3 is 1.64 bits per heavy atom. The molecule has 14 heteroatoms. The number of methoxy groups -OCH3 is 1. The maximum Gasteiger partial charge on any atom is 1.00 e. The minimum absolute atomic E-state index is 0. The molecule has 4 aromatic rings. The van der Waals surface area contributed by atoms with Crippen molar-refractivity contribution in [2.24, 2.45) is 0 Å². The summed E-state index contributed by atoms with van der Waals surface area (Å²) in [5, 5.41) is 9.32. The van der Waals surface area contributed by atoms with E-state index >= 15 is 0 Å². The number of ether oxygens (including phenoxy) is 3. The fraction of sp³-hybridized carbons (Fsp3) is 0.385. The Hall–Kier alpha value is -0.930. The van der Waals surface area contributed by atoms with Crippen LogP contribution in [0, 0.1) is 52.3 Å². The first-order valence-electron chi connectivity index (χ1n) is 16.8. The zero-order valence-electron chi connectivity index (χ0n) is 33.0. The van der Waals surface area contributed by atoms with E-state index < -0.39 is 17.3 Å². The van der Waals surface area contributed by atoms with Crippen molar-refractivity contribution in [3.8, 4) is 23.0 Å². The van der Waals surface area contributed by atoms with E-state index in [0.717, 1.165) is 63.9 Å². The number of halogens is 4. The maximum atomic E-state index is 11.6. The largest absolute Gasteiger partial charge is 1.00 e. The number of rotatable bonds is 12. The molecule has 4 rings (SSSR count). The van der Waals surface area contributed by atoms with Gasteiger partial charge in [-0.2, -0.15) is 8.42 Å². The molecule has 0 radical (unpaired) electrons. The molecule has 0 aliphatic carbocycles. The van der Waals surface area contributed by atoms with Crippen LogP contribution >= 0.6 is 67.8 Å². The molecule has 8 nitrogen and oxygen atoms in total. The molecule has 290 valence electrons. The Bertz CT molecular complexity index is 1730. The Morgan fingerprint density at radius 2 is 1.19 bits per heavy atom. The van der Waals surface area contributed by atoms with E-state index in [9.17, 15) is 17.9 Å². The number of hydrogen-bond donors (Lipinski definition) is 1. The summed E-state index contributed by atoms with van der Waals surface area (Å²) in [4.78, 5) is 0.226. The number of aryl methyl sites for hydroxylation is 6. The summed E-state index contributed by atoms with van der Waals surface area (Å²) in [6.45, 7) is 15.6. The van der Waals surface area contributed by atoms with Crippen LogP contribution in [0.15, 0.2) is 65.6 Å². The van der Waals surface area contributed by atoms with E-state index in [1.165, 1.54) is 16.7 Å². The summed E-state index contributed by atoms with van der Waals surface area (Å²) in [6.07, 6.45) is 2.51. The fourth-order valence-electron chi connectivity index (χ4n) is 4.49. The second-order valence-corrected chi connectivity index (χ2v) is 16.7. The third-order valence-electron chi connectivity index (χ3n) is 7.04. The third-order valence-corrected chi connectivity index (χ3v) is 10.8. The van der Waals surface area contributed by atoms with Crippen LogP contribution in [0.2, 0.25) is 0 Å². The molecular weight excluding hydrogens is 1050 g/mol. The normalized spacial score (nSPS) is 10.3. The van der Waals surface area contributed by atoms with Crippen LogP contribution in [-0.2, 0) is 14.3 Å². The van der Waals surface area contributed by atoms with E-state index in [2.05, 4.69) is 93.8 Å². The van der Waals surface area contributed by atoms with E-state index in [1.807, 2.05) is 58.9 Å². The molecule has 0 aromatic heterocycles. The van der Waals surface area contributed by atoms with Crippen LogP contribution in [0.25, 0.3) is 0 Å². The van der Waals surface area contributed by atoms with Crippen LogP contribution in [0.5, 0.6) is 23.0 Å². The van der Waals surface area contributed by atoms with Gasteiger partial charge in [0.15, 0.2) is 0 Å². The van der Waals surface area contributed by atoms with Gasteiger partial charge in [-0.3, -0.25) is 8.57 Å². The predicted octanol–water partition coefficient (Wildman–Crippen LogP) is 8.20. The van der Waals surface area contributed by atoms with Gasteiger partial charge in [0.05, 0.1) is 51.1 Å². The second-order valence-electron chi connectivity index (χ2n) is 11.6. The van der Waals surface area contributed by atoms with Crippen LogP contribution in [-0.4, -0.2) is 53.1 Å². The van der Waals surface area contributed by atoms with Gasteiger partial charge >= 0.3 is 29.6 Å². The van der Waals surface area contributed by atoms with Gasteiger partial charge in [0.2, 0.25) is 0 Å². The molecule has 0 spiro atoms. The van der Waals surface area contributed by atoms with E-state index in [1.54, 1.807) is 31.4 Å². The number of phenolic OH excluding ortho intramolecular Hbond substituents is 1. The zero-order valence-corrected chi connectivity index (χ0v) is 41.3. The van der Waals surface area contributed by atoms with Gasteiger partial charge < -0.3 is 24.8 Å². The van der Waals surface area contributed by atoms with Crippen LogP contribution in [0.1, 0.15) is 60.9 Å². The summed E-state index contributed by atoms with van der Waals surface area (Å²) in [7, 11) is -2.87. The van der Waals surface area contributed by atoms with Crippen molar-refractivity contribution in [2.45, 2.75) is 72.6 Å². The Balaban J connectivity index is 0. The minimum atomic E-state index is -3.55. The van der Waals surface area contributed by atoms with E-state index in [-0.39, 0.29) is 46.5 Å². The Labute approximate surface area is 380 Å². The van der Waals surface area contributed by atoms with Crippen LogP contribution < -0.4 is 43.8 Å². The first-order chi connectivity index (χ1) is 24.5. The van der Waals surface area contributed by atoms with Gasteiger partial charge in [-0.05, 0) is 180 Å². The number of benzene rings is 4. The van der Waals surface area contributed by atoms with Gasteiger partial charge in [-0.25, -0.2) is 0 Å². The molecule has 4 aromatic carbocycles. The predicted molar refractivity (Wildman–Crippen MR) is 233 cm³/mol. The molecule has 0 unspecified atom stereocenters. The van der Waals surface area contributed by atoms with Gasteiger partial charge in [-0.1, -0.05) is 43.2 Å². The molecule has 53 heavy (non-hydrogen) atoms. The third kappa shape index (κ3) is 19.7. The topological polar surface area (TPSA) is 121 Å². The van der Waals surface area contributed by atoms with Gasteiger partial charge in [-0.15, -0.1) is 0 Å². The van der Waals surface area contributed by atoms with Crippen molar-refractivity contribution in [1.82, 2.24) is 0 Å². The van der Waals surface area contributed by atoms with Gasteiger partial charge in [0, 0.05) is 6.42 Å². The Kier molecular flexibility index (Phi) is 28.0. The summed E-state index contributed by atoms with van der Waals surface area (Å²) in [5.41, 5.74) is 6.70. The summed E-state index contributed by atoms with van der Waals surface area (Å²) < 4.78 is 63.9. The van der Waals surface area contributed by atoms with Crippen LogP contribution in [0.3, 0.4) is 0 Å². The first kappa shape index (κ1) is 52.1. The van der Waals surface area contributed by atoms with E-state index in [4.69, 9.17) is 19.8 Å². The molecule has 0 fully saturated rings. The SMILES string of the molecule is CCCCOS(=O)(=O)c1ccc(C)cc1.COc1cc(C)c(OCCCOc2c(C)cc(C)cc2I)c(I)c1.Cc1cc(C)c(O)c(I)c1.[2H]CF.[Na+].[OH-]. The second kappa shape index (κ2) is 28.5. The molecule has 0 aliphatic rings. The fourth-order valence-corrected chi connectivity index (χ4v) is 8.31. The molecule has 0 atom stereocenters. The van der Waals surface area contributed by atoms with Crippen LogP contribution in [0.4, 0.5) is 4.39 Å². The maximum absolute atomic E-state index is 11.6. The number of hydrogen-bond acceptors (Lipinski definition) is 8. The molecule has 0 amide bonds. The smallest absolute Gasteiger partial charge is 0.870 e. The number of unbranched alkanes of at least 4 members (excludes halogenated alkanes) is 1. The molecular formula is C39H51FI3NaO8S. The number of phenols is 1. The summed E-state index contributed by atoms with van der Waals surface area (Å²) in [6, 6.07) is 18.8. The van der Waals surface area contributed by atoms with Gasteiger partial charge in [0.25, 0.3) is 10.1 Å². The number of aromatic hydroxyl groups is 1.